The third kappa shape index (κ3) is 10.7. The molecular weight excluding hydrogens is 693 g/mol. The van der Waals surface area contributed by atoms with Crippen molar-refractivity contribution >= 4 is 16.8 Å². The smallest absolute Gasteiger partial charge is 0.229 e. The van der Waals surface area contributed by atoms with Gasteiger partial charge in [-0.15, -0.1) is 0 Å². The van der Waals surface area contributed by atoms with E-state index in [1.54, 1.807) is 0 Å². The first-order valence-corrected chi connectivity index (χ1v) is 18.8. The first-order chi connectivity index (χ1) is 27.1. The summed E-state index contributed by atoms with van der Waals surface area (Å²) >= 11 is 0. The van der Waals surface area contributed by atoms with E-state index in [1.165, 1.54) is 6.92 Å². The molecule has 1 saturated heterocycles. The Morgan fingerprint density at radius 1 is 0.655 bits per heavy atom. The van der Waals surface area contributed by atoms with Crippen molar-refractivity contribution in [2.45, 2.75) is 70.5 Å². The Labute approximate surface area is 322 Å². The van der Waals surface area contributed by atoms with Gasteiger partial charge in [0.1, 0.15) is 30.2 Å². The molecule has 9 nitrogen and oxygen atoms in total. The van der Waals surface area contributed by atoms with Crippen molar-refractivity contribution in [1.82, 2.24) is 10.3 Å². The van der Waals surface area contributed by atoms with Crippen LogP contribution < -0.4 is 10.1 Å². The number of nitrogens with one attached hydrogen (secondary N) is 2. The number of carbonyl (C=O) groups excluding carboxylic acids is 1. The summed E-state index contributed by atoms with van der Waals surface area (Å²) in [6.45, 7) is 3.68. The summed E-state index contributed by atoms with van der Waals surface area (Å²) in [6, 6.07) is 46.2. The van der Waals surface area contributed by atoms with Crippen LogP contribution in [-0.2, 0) is 61.3 Å². The van der Waals surface area contributed by atoms with Crippen LogP contribution in [0.3, 0.4) is 0 Å². The van der Waals surface area contributed by atoms with Crippen LogP contribution in [-0.4, -0.2) is 54.7 Å². The highest BCUT2D eigenvalue weighted by Gasteiger charge is 2.50. The summed E-state index contributed by atoms with van der Waals surface area (Å²) in [7, 11) is 0. The maximum atomic E-state index is 11.5. The average molecular weight is 741 g/mol. The normalized spacial score (nSPS) is 19.6. The number of amides is 1. The van der Waals surface area contributed by atoms with Crippen LogP contribution in [0.5, 0.6) is 5.75 Å². The van der Waals surface area contributed by atoms with Crippen LogP contribution in [0, 0.1) is 0 Å². The summed E-state index contributed by atoms with van der Waals surface area (Å²) in [5.74, 6) is 0.554. The Kier molecular flexibility index (Phi) is 13.4. The molecule has 55 heavy (non-hydrogen) atoms. The highest BCUT2D eigenvalue weighted by molar-refractivity contribution is 5.84. The quantitative estimate of drug-likeness (QED) is 0.0924. The van der Waals surface area contributed by atoms with Crippen molar-refractivity contribution in [2.24, 2.45) is 0 Å². The fourth-order valence-electron chi connectivity index (χ4n) is 6.79. The minimum absolute atomic E-state index is 0.0581. The molecule has 1 aliphatic rings. The molecule has 7 rings (SSSR count). The second-order valence-electron chi connectivity index (χ2n) is 13.7. The molecular formula is C46H48N2O7. The second-order valence-corrected chi connectivity index (χ2v) is 13.7. The van der Waals surface area contributed by atoms with E-state index < -0.39 is 30.7 Å². The summed E-state index contributed by atoms with van der Waals surface area (Å²) < 4.78 is 40.5. The van der Waals surface area contributed by atoms with Gasteiger partial charge in [0.2, 0.25) is 12.2 Å². The van der Waals surface area contributed by atoms with E-state index >= 15 is 0 Å². The fraction of sp³-hybridized carbons (Fsp3) is 0.283. The lowest BCUT2D eigenvalue weighted by molar-refractivity contribution is -0.310. The van der Waals surface area contributed by atoms with Gasteiger partial charge in [-0.25, -0.2) is 0 Å². The Hall–Kier alpha value is -5.29. The molecule has 2 N–H and O–H groups in total. The number of fused-ring (bicyclic) bond motifs is 1. The van der Waals surface area contributed by atoms with Crippen LogP contribution in [0.1, 0.15) is 34.7 Å². The molecule has 0 bridgehead atoms. The summed E-state index contributed by atoms with van der Waals surface area (Å²) in [5.41, 5.74) is 6.16. The topological polar surface area (TPSA) is 100 Å². The maximum absolute atomic E-state index is 11.5. The van der Waals surface area contributed by atoms with Gasteiger partial charge in [0.05, 0.1) is 33.0 Å². The van der Waals surface area contributed by atoms with Gasteiger partial charge in [-0.05, 0) is 52.4 Å². The first-order valence-electron chi connectivity index (χ1n) is 18.8. The minimum Gasteiger partial charge on any atom is -0.462 e. The van der Waals surface area contributed by atoms with Gasteiger partial charge in [-0.3, -0.25) is 4.79 Å². The molecule has 1 fully saturated rings. The van der Waals surface area contributed by atoms with Crippen LogP contribution in [0.2, 0.25) is 0 Å². The van der Waals surface area contributed by atoms with E-state index in [2.05, 4.69) is 10.3 Å². The van der Waals surface area contributed by atoms with Gasteiger partial charge < -0.3 is 38.7 Å². The van der Waals surface area contributed by atoms with Gasteiger partial charge >= 0.3 is 0 Å². The third-order valence-corrected chi connectivity index (χ3v) is 9.60. The number of rotatable bonds is 18. The van der Waals surface area contributed by atoms with Crippen LogP contribution in [0.15, 0.2) is 146 Å². The molecule has 1 amide bonds. The standard InChI is InChI=1S/C46H48N2O7/c1-33(49)47-25-24-38-27-48-41-23-22-39(26-40(38)41)54-46-45(53-31-37-20-12-5-13-21-37)44(52-30-36-18-10-4-11-19-36)43(51-29-35-16-8-3-9-17-35)42(55-46)32-50-28-34-14-6-2-7-15-34/h2-23,26-27,42-46,48H,24-25,28-32H2,1H3,(H,47,49)/t42-,43-,44+,45-,46+/m1/s1. The van der Waals surface area contributed by atoms with Crippen molar-refractivity contribution in [3.8, 4) is 5.75 Å². The number of hydrogen-bond donors (Lipinski definition) is 2. The highest BCUT2D eigenvalue weighted by atomic mass is 16.7. The molecule has 5 aromatic carbocycles. The van der Waals surface area contributed by atoms with E-state index in [-0.39, 0.29) is 12.5 Å². The minimum atomic E-state index is -0.884. The number of aromatic amines is 1. The fourth-order valence-corrected chi connectivity index (χ4v) is 6.79. The highest BCUT2D eigenvalue weighted by Crippen LogP contribution is 2.34. The van der Waals surface area contributed by atoms with E-state index in [1.807, 2.05) is 146 Å². The Bertz CT molecular complexity index is 2040. The SMILES string of the molecule is CC(=O)NCCc1c[nH]c2ccc(O[C@H]3O[C@H](COCc4ccccc4)[C@@H](OCc4ccccc4)[C@H](OCc4ccccc4)[C@H]3OCc3ccccc3)cc12. The van der Waals surface area contributed by atoms with Gasteiger partial charge in [-0.2, -0.15) is 0 Å². The van der Waals surface area contributed by atoms with Crippen molar-refractivity contribution in [3.05, 3.63) is 174 Å². The summed E-state index contributed by atoms with van der Waals surface area (Å²) in [4.78, 5) is 14.9. The lowest BCUT2D eigenvalue weighted by Gasteiger charge is -2.45. The average Bonchev–Trinajstić information content (AvgIpc) is 3.62. The number of ether oxygens (including phenoxy) is 6. The van der Waals surface area contributed by atoms with Gasteiger partial charge in [0, 0.05) is 30.6 Å². The van der Waals surface area contributed by atoms with E-state index in [4.69, 9.17) is 28.4 Å². The number of hydrogen-bond acceptors (Lipinski definition) is 7. The van der Waals surface area contributed by atoms with Crippen molar-refractivity contribution in [1.29, 1.82) is 0 Å². The number of aromatic nitrogens is 1. The second kappa shape index (κ2) is 19.3. The zero-order valence-corrected chi connectivity index (χ0v) is 31.1. The van der Waals surface area contributed by atoms with Gasteiger partial charge in [-0.1, -0.05) is 121 Å². The van der Waals surface area contributed by atoms with Crippen molar-refractivity contribution in [3.63, 3.8) is 0 Å². The molecule has 6 aromatic rings. The molecule has 0 aliphatic carbocycles. The maximum Gasteiger partial charge on any atom is 0.229 e. The molecule has 1 aliphatic heterocycles. The Morgan fingerprint density at radius 2 is 1.18 bits per heavy atom. The van der Waals surface area contributed by atoms with Crippen molar-refractivity contribution < 1.29 is 33.2 Å². The Balaban J connectivity index is 1.22. The molecule has 5 atom stereocenters. The largest absolute Gasteiger partial charge is 0.462 e. The number of H-pyrrole nitrogens is 1. The molecule has 0 spiro atoms. The first kappa shape index (κ1) is 38.0. The predicted molar refractivity (Wildman–Crippen MR) is 211 cm³/mol. The van der Waals surface area contributed by atoms with E-state index in [9.17, 15) is 4.79 Å². The lowest BCUT2D eigenvalue weighted by Crippen LogP contribution is -2.62. The molecule has 2 heterocycles. The number of carbonyl (C=O) groups is 1. The van der Waals surface area contributed by atoms with E-state index in [0.717, 1.165) is 38.7 Å². The molecule has 0 saturated carbocycles. The summed E-state index contributed by atoms with van der Waals surface area (Å²) in [5, 5.41) is 3.89. The molecule has 1 aromatic heterocycles. The Morgan fingerprint density at radius 3 is 1.75 bits per heavy atom. The number of benzene rings is 5. The van der Waals surface area contributed by atoms with Crippen molar-refractivity contribution in [2.75, 3.05) is 13.2 Å². The van der Waals surface area contributed by atoms with Crippen LogP contribution in [0.4, 0.5) is 0 Å². The molecule has 0 radical (unpaired) electrons. The molecule has 0 unspecified atom stereocenters. The van der Waals surface area contributed by atoms with Gasteiger partial charge in [0.15, 0.2) is 0 Å². The lowest BCUT2D eigenvalue weighted by atomic mass is 9.97. The van der Waals surface area contributed by atoms with Crippen LogP contribution in [0.25, 0.3) is 10.9 Å². The predicted octanol–water partition coefficient (Wildman–Crippen LogP) is 7.92. The molecule has 284 valence electrons. The third-order valence-electron chi connectivity index (χ3n) is 9.60. The summed E-state index contributed by atoms with van der Waals surface area (Å²) in [6.07, 6.45) is -0.696. The monoisotopic (exact) mass is 740 g/mol. The van der Waals surface area contributed by atoms with Crippen LogP contribution >= 0.6 is 0 Å². The van der Waals surface area contributed by atoms with E-state index in [0.29, 0.717) is 45.1 Å². The van der Waals surface area contributed by atoms with Gasteiger partial charge in [0.25, 0.3) is 0 Å². The molecule has 9 heteroatoms. The zero-order chi connectivity index (χ0) is 37.7. The zero-order valence-electron chi connectivity index (χ0n) is 31.1.